The number of esters is 1. The second-order valence-electron chi connectivity index (χ2n) is 5.37. The minimum Gasteiger partial charge on any atom is -0.462 e. The zero-order valence-electron chi connectivity index (χ0n) is 13.8. The molecule has 2 heterocycles. The number of hydrogen-bond donors (Lipinski definition) is 2. The van der Waals surface area contributed by atoms with Gasteiger partial charge in [0.2, 0.25) is 5.91 Å². The molecule has 0 spiro atoms. The van der Waals surface area contributed by atoms with Crippen LogP contribution in [0.4, 0.5) is 10.1 Å². The van der Waals surface area contributed by atoms with Gasteiger partial charge in [0.25, 0.3) is 0 Å². The van der Waals surface area contributed by atoms with Crippen molar-refractivity contribution in [3.8, 4) is 0 Å². The minimum absolute atomic E-state index is 0. The Morgan fingerprint density at radius 3 is 2.84 bits per heavy atom. The van der Waals surface area contributed by atoms with E-state index in [1.54, 1.807) is 13.1 Å². The van der Waals surface area contributed by atoms with E-state index in [2.05, 4.69) is 15.6 Å². The summed E-state index contributed by atoms with van der Waals surface area (Å²) in [7, 11) is 0. The van der Waals surface area contributed by atoms with Crippen molar-refractivity contribution in [3.63, 3.8) is 0 Å². The Labute approximate surface area is 171 Å². The van der Waals surface area contributed by atoms with Crippen LogP contribution in [-0.2, 0) is 22.4 Å². The van der Waals surface area contributed by atoms with Crippen LogP contribution in [0.5, 0.6) is 0 Å². The van der Waals surface area contributed by atoms with Crippen LogP contribution in [0.25, 0.3) is 0 Å². The molecule has 0 saturated carbocycles. The van der Waals surface area contributed by atoms with Gasteiger partial charge in [0.15, 0.2) is 5.13 Å². The number of thiazole rings is 1. The lowest BCUT2D eigenvalue weighted by molar-refractivity contribution is -0.114. The Kier molecular flexibility index (Phi) is 7.63. The van der Waals surface area contributed by atoms with E-state index in [1.165, 1.54) is 27.6 Å². The van der Waals surface area contributed by atoms with Crippen LogP contribution < -0.4 is 10.6 Å². The molecule has 2 aromatic rings. The largest absolute Gasteiger partial charge is 0.462 e. The average Bonchev–Trinajstić information content (AvgIpc) is 3.20. The smallest absolute Gasteiger partial charge is 0.341 e. The van der Waals surface area contributed by atoms with E-state index >= 15 is 0 Å². The van der Waals surface area contributed by atoms with E-state index in [-0.39, 0.29) is 42.4 Å². The van der Waals surface area contributed by atoms with Crippen LogP contribution in [0.1, 0.15) is 40.6 Å². The van der Waals surface area contributed by atoms with Crippen molar-refractivity contribution in [3.05, 3.63) is 27.6 Å². The first-order valence-electron chi connectivity index (χ1n) is 7.94. The van der Waals surface area contributed by atoms with E-state index in [9.17, 15) is 9.59 Å². The van der Waals surface area contributed by atoms with Crippen LogP contribution in [0, 0.1) is 0 Å². The van der Waals surface area contributed by atoms with Crippen LogP contribution in [0.15, 0.2) is 11.6 Å². The molecule has 0 unspecified atom stereocenters. The van der Waals surface area contributed by atoms with Gasteiger partial charge in [-0.3, -0.25) is 4.79 Å². The molecule has 0 atom stereocenters. The lowest BCUT2D eigenvalue weighted by Crippen LogP contribution is -2.22. The predicted molar refractivity (Wildman–Crippen MR) is 112 cm³/mol. The molecule has 25 heavy (non-hydrogen) atoms. The normalized spacial score (nSPS) is 12.7. The first-order chi connectivity index (χ1) is 11.7. The number of rotatable bonds is 6. The number of thiophene rings is 1. The molecule has 0 fully saturated rings. The number of fused-ring (bicyclic) bond motifs is 1. The molecule has 1 amide bonds. The van der Waals surface area contributed by atoms with Crippen molar-refractivity contribution < 1.29 is 14.3 Å². The summed E-state index contributed by atoms with van der Waals surface area (Å²) in [6, 6.07) is 0. The number of nitrogens with zero attached hydrogens (tertiary/aromatic N) is 1. The van der Waals surface area contributed by atoms with E-state index in [1.807, 2.05) is 5.38 Å². The Morgan fingerprint density at radius 2 is 2.12 bits per heavy atom. The molecule has 136 valence electrons. The van der Waals surface area contributed by atoms with Gasteiger partial charge in [-0.05, 0) is 38.2 Å². The van der Waals surface area contributed by atoms with Gasteiger partial charge in [-0.25, -0.2) is 9.78 Å². The third-order valence-electron chi connectivity index (χ3n) is 3.74. The monoisotopic (exact) mass is 493 g/mol. The zero-order chi connectivity index (χ0) is 16.9. The number of anilines is 2. The number of aromatic nitrogens is 1. The summed E-state index contributed by atoms with van der Waals surface area (Å²) < 4.78 is 5.19. The maximum atomic E-state index is 12.3. The van der Waals surface area contributed by atoms with Gasteiger partial charge in [0.1, 0.15) is 5.00 Å². The Hall–Kier alpha value is -1.20. The highest BCUT2D eigenvalue weighted by Crippen LogP contribution is 2.38. The molecule has 9 heteroatoms. The number of carbonyl (C=O) groups excluding carboxylic acids is 2. The van der Waals surface area contributed by atoms with E-state index in [0.29, 0.717) is 22.3 Å². The molecule has 0 aliphatic heterocycles. The highest BCUT2D eigenvalue weighted by atomic mass is 127. The maximum Gasteiger partial charge on any atom is 0.341 e. The van der Waals surface area contributed by atoms with Crippen LogP contribution in [-0.4, -0.2) is 30.0 Å². The van der Waals surface area contributed by atoms with Crippen LogP contribution in [0.3, 0.4) is 0 Å². The van der Waals surface area contributed by atoms with Gasteiger partial charge < -0.3 is 15.4 Å². The highest BCUT2D eigenvalue weighted by Gasteiger charge is 2.27. The van der Waals surface area contributed by atoms with Gasteiger partial charge in [0.05, 0.1) is 18.7 Å². The summed E-state index contributed by atoms with van der Waals surface area (Å²) in [5, 5.41) is 8.97. The molecular weight excluding hydrogens is 473 g/mol. The third-order valence-corrected chi connectivity index (χ3v) is 5.67. The van der Waals surface area contributed by atoms with Crippen molar-refractivity contribution in [1.82, 2.24) is 4.98 Å². The lowest BCUT2D eigenvalue weighted by atomic mass is 9.95. The number of aryl methyl sites for hydroxylation is 1. The Bertz CT molecular complexity index is 731. The van der Waals surface area contributed by atoms with E-state index in [4.69, 9.17) is 4.74 Å². The van der Waals surface area contributed by atoms with Gasteiger partial charge in [-0.1, -0.05) is 0 Å². The Balaban J connectivity index is 0.00000225. The summed E-state index contributed by atoms with van der Waals surface area (Å²) in [6.07, 6.45) is 5.69. The summed E-state index contributed by atoms with van der Waals surface area (Å²) in [4.78, 5) is 29.8. The minimum atomic E-state index is -0.347. The van der Waals surface area contributed by atoms with Crippen molar-refractivity contribution in [2.24, 2.45) is 0 Å². The fraction of sp³-hybridized carbons (Fsp3) is 0.438. The SMILES string of the molecule is CCOC(=O)c1c(NC(=O)CNc2nccs2)sc2c1CCCC2.I. The zero-order valence-corrected chi connectivity index (χ0v) is 17.8. The van der Waals surface area contributed by atoms with Crippen LogP contribution >= 0.6 is 46.7 Å². The number of halogens is 1. The van der Waals surface area contributed by atoms with Gasteiger partial charge in [-0.15, -0.1) is 46.7 Å². The van der Waals surface area contributed by atoms with Crippen molar-refractivity contribution in [1.29, 1.82) is 0 Å². The van der Waals surface area contributed by atoms with E-state index in [0.717, 1.165) is 31.2 Å². The summed E-state index contributed by atoms with van der Waals surface area (Å²) in [5.74, 6) is -0.547. The van der Waals surface area contributed by atoms with Crippen molar-refractivity contribution in [2.75, 3.05) is 23.8 Å². The molecule has 1 aliphatic carbocycles. The highest BCUT2D eigenvalue weighted by molar-refractivity contribution is 14.0. The first kappa shape index (κ1) is 20.1. The lowest BCUT2D eigenvalue weighted by Gasteiger charge is -2.12. The number of nitrogens with one attached hydrogen (secondary N) is 2. The standard InChI is InChI=1S/C16H19N3O3S2.HI/c1-2-22-15(21)13-10-5-3-4-6-11(10)24-14(13)19-12(20)9-18-16-17-7-8-23-16;/h7-8H,2-6,9H2,1H3,(H,17,18)(H,19,20);1H. The average molecular weight is 493 g/mol. The fourth-order valence-corrected chi connectivity index (χ4v) is 4.53. The summed E-state index contributed by atoms with van der Waals surface area (Å²) in [6.45, 7) is 2.22. The molecular formula is C16H20IN3O3S2. The number of ether oxygens (including phenoxy) is 1. The van der Waals surface area contributed by atoms with Crippen LogP contribution in [0.2, 0.25) is 0 Å². The molecule has 0 bridgehead atoms. The number of amides is 1. The Morgan fingerprint density at radius 1 is 1.32 bits per heavy atom. The molecule has 3 rings (SSSR count). The number of hydrogen-bond acceptors (Lipinski definition) is 7. The van der Waals surface area contributed by atoms with E-state index < -0.39 is 0 Å². The third kappa shape index (κ3) is 4.91. The predicted octanol–water partition coefficient (Wildman–Crippen LogP) is 3.93. The second-order valence-corrected chi connectivity index (χ2v) is 7.37. The molecule has 0 aromatic carbocycles. The maximum absolute atomic E-state index is 12.3. The quantitative estimate of drug-likeness (QED) is 0.471. The molecule has 2 N–H and O–H groups in total. The second kappa shape index (κ2) is 9.48. The van der Waals surface area contributed by atoms with Crippen molar-refractivity contribution >= 4 is 68.7 Å². The van der Waals surface area contributed by atoms with Gasteiger partial charge in [0, 0.05) is 16.5 Å². The summed E-state index contributed by atoms with van der Waals surface area (Å²) in [5.41, 5.74) is 1.59. The first-order valence-corrected chi connectivity index (χ1v) is 9.63. The topological polar surface area (TPSA) is 80.3 Å². The summed E-state index contributed by atoms with van der Waals surface area (Å²) >= 11 is 2.93. The molecule has 0 saturated heterocycles. The van der Waals surface area contributed by atoms with Gasteiger partial charge in [-0.2, -0.15) is 0 Å². The van der Waals surface area contributed by atoms with Gasteiger partial charge >= 0.3 is 5.97 Å². The molecule has 1 aliphatic rings. The molecule has 6 nitrogen and oxygen atoms in total. The molecule has 0 radical (unpaired) electrons. The van der Waals surface area contributed by atoms with Crippen molar-refractivity contribution in [2.45, 2.75) is 32.6 Å². The molecule has 2 aromatic heterocycles. The number of carbonyl (C=O) groups is 2. The fourth-order valence-electron chi connectivity index (χ4n) is 2.71.